The molecular formula is C17H18N3O10P. The van der Waals surface area contributed by atoms with E-state index in [-0.39, 0.29) is 6.54 Å². The van der Waals surface area contributed by atoms with Gasteiger partial charge in [0.05, 0.1) is 13.2 Å². The van der Waals surface area contributed by atoms with Crippen LogP contribution in [-0.2, 0) is 20.4 Å². The molecule has 166 valence electrons. The zero-order valence-electron chi connectivity index (χ0n) is 15.7. The van der Waals surface area contributed by atoms with Gasteiger partial charge in [0.2, 0.25) is 0 Å². The monoisotopic (exact) mass is 455 g/mol. The van der Waals surface area contributed by atoms with Crippen LogP contribution in [0.5, 0.6) is 0 Å². The predicted octanol–water partition coefficient (Wildman–Crippen LogP) is -1.07. The fourth-order valence-corrected chi connectivity index (χ4v) is 3.68. The molecule has 14 heteroatoms. The van der Waals surface area contributed by atoms with Crippen molar-refractivity contribution < 1.29 is 38.3 Å². The van der Waals surface area contributed by atoms with Crippen LogP contribution in [0.15, 0.2) is 50.6 Å². The topological polar surface area (TPSA) is 186 Å². The number of hydrogen-bond acceptors (Lipinski definition) is 9. The molecule has 13 nitrogen and oxygen atoms in total. The number of benzene rings is 1. The predicted molar refractivity (Wildman–Crippen MR) is 102 cm³/mol. The Bertz CT molecular complexity index is 1260. The van der Waals surface area contributed by atoms with Gasteiger partial charge in [-0.15, -0.1) is 0 Å². The Kier molecular flexibility index (Phi) is 5.66. The molecule has 0 saturated carbocycles. The van der Waals surface area contributed by atoms with Crippen LogP contribution in [0.25, 0.3) is 11.0 Å². The molecule has 0 spiro atoms. The van der Waals surface area contributed by atoms with E-state index in [0.717, 1.165) is 21.4 Å². The lowest BCUT2D eigenvalue weighted by Gasteiger charge is -2.18. The number of fused-ring (bicyclic) bond motifs is 1. The molecule has 0 aliphatic carbocycles. The summed E-state index contributed by atoms with van der Waals surface area (Å²) in [4.78, 5) is 42.9. The van der Waals surface area contributed by atoms with Crippen LogP contribution >= 0.6 is 7.82 Å². The van der Waals surface area contributed by atoms with Gasteiger partial charge in [-0.05, 0) is 12.1 Å². The van der Waals surface area contributed by atoms with Crippen molar-refractivity contribution in [3.05, 3.63) is 63.1 Å². The standard InChI is InChI=1S/C17H18N3O10P/c21-13-5-6-19(16-15(23)14(22)12(29-16)8-28-31(25,26)27)17(24)20(13)7-10-9-3-1-2-4-11(9)30-18-10/h1-6,12,14-16,22-23H,7-8H2,(H2,25,26,27)/t12-,14?,15+,16-/m1/s1. The molecule has 0 amide bonds. The highest BCUT2D eigenvalue weighted by Gasteiger charge is 2.45. The summed E-state index contributed by atoms with van der Waals surface area (Å²) in [7, 11) is -4.84. The molecule has 1 fully saturated rings. The molecule has 1 aromatic carbocycles. The average Bonchev–Trinajstić information content (AvgIpc) is 3.25. The number of rotatable bonds is 6. The SMILES string of the molecule is O=c1ccn([C@@H]2O[C@H](COP(=O)(O)O)C(O)[C@@H]2O)c(=O)n1Cc1noc2ccccc12. The number of ether oxygens (including phenoxy) is 1. The Labute approximate surface area is 172 Å². The summed E-state index contributed by atoms with van der Waals surface area (Å²) in [5.74, 6) is 0. The van der Waals surface area contributed by atoms with Crippen LogP contribution in [0.4, 0.5) is 0 Å². The van der Waals surface area contributed by atoms with Gasteiger partial charge in [0.15, 0.2) is 11.8 Å². The summed E-state index contributed by atoms with van der Waals surface area (Å²) in [6.07, 6.45) is -4.87. The van der Waals surface area contributed by atoms with Crippen molar-refractivity contribution in [2.24, 2.45) is 0 Å². The van der Waals surface area contributed by atoms with Crippen LogP contribution in [0, 0.1) is 0 Å². The number of aliphatic hydroxyl groups is 2. The minimum atomic E-state index is -4.84. The van der Waals surface area contributed by atoms with Gasteiger partial charge in [0.1, 0.15) is 24.0 Å². The molecule has 1 aliphatic heterocycles. The third kappa shape index (κ3) is 4.25. The van der Waals surface area contributed by atoms with Crippen molar-refractivity contribution in [3.8, 4) is 0 Å². The number of aromatic nitrogens is 3. The van der Waals surface area contributed by atoms with Gasteiger partial charge in [-0.2, -0.15) is 0 Å². The first-order valence-corrected chi connectivity index (χ1v) is 10.6. The maximum Gasteiger partial charge on any atom is 0.469 e. The lowest BCUT2D eigenvalue weighted by Crippen LogP contribution is -2.43. The molecule has 1 saturated heterocycles. The van der Waals surface area contributed by atoms with Crippen LogP contribution < -0.4 is 11.2 Å². The maximum atomic E-state index is 13.0. The molecule has 4 atom stereocenters. The van der Waals surface area contributed by atoms with E-state index in [9.17, 15) is 24.4 Å². The average molecular weight is 455 g/mol. The molecule has 0 bridgehead atoms. The molecule has 1 aliphatic rings. The van der Waals surface area contributed by atoms with Gasteiger partial charge in [0, 0.05) is 17.6 Å². The van der Waals surface area contributed by atoms with E-state index in [1.54, 1.807) is 24.3 Å². The Morgan fingerprint density at radius 1 is 1.13 bits per heavy atom. The first kappa shape index (κ1) is 21.6. The Morgan fingerprint density at radius 2 is 1.87 bits per heavy atom. The van der Waals surface area contributed by atoms with Crippen molar-refractivity contribution in [2.75, 3.05) is 6.61 Å². The lowest BCUT2D eigenvalue weighted by molar-refractivity contribution is -0.0548. The summed E-state index contributed by atoms with van der Waals surface area (Å²) >= 11 is 0. The van der Waals surface area contributed by atoms with Gasteiger partial charge in [0.25, 0.3) is 5.56 Å². The molecule has 4 rings (SSSR count). The zero-order valence-corrected chi connectivity index (χ0v) is 16.6. The van der Waals surface area contributed by atoms with E-state index in [0.29, 0.717) is 16.7 Å². The largest absolute Gasteiger partial charge is 0.469 e. The lowest BCUT2D eigenvalue weighted by atomic mass is 10.1. The normalized spacial score (nSPS) is 24.1. The van der Waals surface area contributed by atoms with Crippen molar-refractivity contribution in [1.29, 1.82) is 0 Å². The number of nitrogens with zero attached hydrogens (tertiary/aromatic N) is 3. The quantitative estimate of drug-likeness (QED) is 0.332. The number of para-hydroxylation sites is 1. The second kappa shape index (κ2) is 8.13. The summed E-state index contributed by atoms with van der Waals surface area (Å²) in [6, 6.07) is 7.97. The van der Waals surface area contributed by atoms with E-state index in [4.69, 9.17) is 19.0 Å². The highest BCUT2D eigenvalue weighted by molar-refractivity contribution is 7.46. The van der Waals surface area contributed by atoms with Crippen molar-refractivity contribution in [2.45, 2.75) is 31.1 Å². The first-order valence-electron chi connectivity index (χ1n) is 9.02. The molecule has 0 radical (unpaired) electrons. The summed E-state index contributed by atoms with van der Waals surface area (Å²) in [5.41, 5.74) is -0.670. The third-order valence-corrected chi connectivity index (χ3v) is 5.36. The van der Waals surface area contributed by atoms with Crippen molar-refractivity contribution in [3.63, 3.8) is 0 Å². The second-order valence-corrected chi connectivity index (χ2v) is 8.13. The molecule has 3 heterocycles. The van der Waals surface area contributed by atoms with Crippen LogP contribution in [0.2, 0.25) is 0 Å². The molecular weight excluding hydrogens is 437 g/mol. The number of aliphatic hydroxyl groups excluding tert-OH is 2. The van der Waals surface area contributed by atoms with Gasteiger partial charge in [-0.1, -0.05) is 17.3 Å². The number of phosphoric ester groups is 1. The maximum absolute atomic E-state index is 13.0. The second-order valence-electron chi connectivity index (χ2n) is 6.89. The highest BCUT2D eigenvalue weighted by atomic mass is 31.2. The fourth-order valence-electron chi connectivity index (χ4n) is 3.34. The van der Waals surface area contributed by atoms with Gasteiger partial charge in [-0.3, -0.25) is 18.5 Å². The van der Waals surface area contributed by atoms with Crippen LogP contribution in [0.1, 0.15) is 11.9 Å². The molecule has 1 unspecified atom stereocenters. The minimum Gasteiger partial charge on any atom is -0.387 e. The molecule has 4 N–H and O–H groups in total. The van der Waals surface area contributed by atoms with Crippen LogP contribution in [-0.4, -0.2) is 59.2 Å². The summed E-state index contributed by atoms with van der Waals surface area (Å²) in [6.45, 7) is -0.941. The molecule has 3 aromatic rings. The Balaban J connectivity index is 1.64. The minimum absolute atomic E-state index is 0.217. The van der Waals surface area contributed by atoms with E-state index in [1.165, 1.54) is 0 Å². The zero-order chi connectivity index (χ0) is 22.3. The molecule has 31 heavy (non-hydrogen) atoms. The smallest absolute Gasteiger partial charge is 0.387 e. The summed E-state index contributed by atoms with van der Waals surface area (Å²) < 4.78 is 27.5. The fraction of sp³-hybridized carbons (Fsp3) is 0.353. The number of phosphoric acid groups is 1. The van der Waals surface area contributed by atoms with Gasteiger partial charge < -0.3 is 29.3 Å². The number of hydrogen-bond donors (Lipinski definition) is 4. The Morgan fingerprint density at radius 3 is 2.61 bits per heavy atom. The highest BCUT2D eigenvalue weighted by Crippen LogP contribution is 2.38. The van der Waals surface area contributed by atoms with E-state index >= 15 is 0 Å². The van der Waals surface area contributed by atoms with Crippen molar-refractivity contribution in [1.82, 2.24) is 14.3 Å². The van der Waals surface area contributed by atoms with E-state index < -0.39 is 50.2 Å². The third-order valence-electron chi connectivity index (χ3n) is 4.87. The van der Waals surface area contributed by atoms with E-state index in [1.807, 2.05) is 0 Å². The van der Waals surface area contributed by atoms with Gasteiger partial charge >= 0.3 is 13.5 Å². The van der Waals surface area contributed by atoms with Crippen molar-refractivity contribution >= 4 is 18.8 Å². The Hall–Kier alpha value is -2.64. The van der Waals surface area contributed by atoms with E-state index in [2.05, 4.69) is 9.68 Å². The molecule has 2 aromatic heterocycles. The van der Waals surface area contributed by atoms with Crippen LogP contribution in [0.3, 0.4) is 0 Å². The summed E-state index contributed by atoms with van der Waals surface area (Å²) in [5, 5.41) is 24.9. The first-order chi connectivity index (χ1) is 14.7. The van der Waals surface area contributed by atoms with Gasteiger partial charge in [-0.25, -0.2) is 9.36 Å².